The minimum absolute atomic E-state index is 0.105. The number of nitrogens with one attached hydrogen (secondary N) is 1. The summed E-state index contributed by atoms with van der Waals surface area (Å²) in [4.78, 5) is 40.2. The first kappa shape index (κ1) is 29.7. The zero-order valence-electron chi connectivity index (χ0n) is 23.5. The average molecular weight is 533 g/mol. The molecule has 2 unspecified atom stereocenters. The minimum atomic E-state index is -1.46. The van der Waals surface area contributed by atoms with Crippen LogP contribution in [0.15, 0.2) is 18.2 Å². The van der Waals surface area contributed by atoms with Crippen molar-refractivity contribution in [3.8, 4) is 11.5 Å². The number of amides is 2. The zero-order valence-corrected chi connectivity index (χ0v) is 23.5. The van der Waals surface area contributed by atoms with Gasteiger partial charge in [0, 0.05) is 13.0 Å². The summed E-state index contributed by atoms with van der Waals surface area (Å²) in [5, 5.41) is 31.8. The van der Waals surface area contributed by atoms with E-state index in [1.165, 1.54) is 30.0 Å². The molecule has 38 heavy (non-hydrogen) atoms. The fourth-order valence-electron chi connectivity index (χ4n) is 5.82. The normalized spacial score (nSPS) is 24.4. The van der Waals surface area contributed by atoms with E-state index in [4.69, 9.17) is 4.74 Å². The number of rotatable bonds is 9. The standard InChI is InChI=1S/C29H44N2O7/c1-17(14-20-11-12-28(3,4)29(20,5)6)38-27(37)21-8-7-13-31(21)26(36)18(2)30-25(35)24(34)16-19-9-10-22(32)23(33)15-19/h9-10,15,17-18,20-21,24,32-34H,7-8,11-14,16H2,1-6H3,(H,30,35)/t17?,18-,20?,21-,24-/m0/s1. The fourth-order valence-corrected chi connectivity index (χ4v) is 5.82. The van der Waals surface area contributed by atoms with Crippen LogP contribution < -0.4 is 5.32 Å². The van der Waals surface area contributed by atoms with E-state index in [9.17, 15) is 29.7 Å². The van der Waals surface area contributed by atoms with Crippen LogP contribution in [0.3, 0.4) is 0 Å². The summed E-state index contributed by atoms with van der Waals surface area (Å²) in [6.07, 6.45) is 2.38. The first-order valence-electron chi connectivity index (χ1n) is 13.6. The third kappa shape index (κ3) is 6.42. The summed E-state index contributed by atoms with van der Waals surface area (Å²) < 4.78 is 5.82. The highest BCUT2D eigenvalue weighted by molar-refractivity contribution is 5.92. The van der Waals surface area contributed by atoms with Gasteiger partial charge in [-0.3, -0.25) is 9.59 Å². The Kier molecular flexibility index (Phi) is 9.01. The van der Waals surface area contributed by atoms with E-state index < -0.39 is 36.0 Å². The molecule has 5 atom stereocenters. The van der Waals surface area contributed by atoms with Crippen LogP contribution in [0.1, 0.15) is 79.2 Å². The van der Waals surface area contributed by atoms with E-state index in [2.05, 4.69) is 33.0 Å². The SMILES string of the molecule is CC(CC1CCC(C)(C)C1(C)C)OC(=O)[C@@H]1CCCN1C(=O)[C@H](C)NC(=O)[C@@H](O)Cc1ccc(O)c(O)c1. The fraction of sp³-hybridized carbons (Fsp3) is 0.690. The lowest BCUT2D eigenvalue weighted by Crippen LogP contribution is -2.52. The molecule has 2 aliphatic rings. The highest BCUT2D eigenvalue weighted by Crippen LogP contribution is 2.57. The molecule has 1 aromatic carbocycles. The number of nitrogens with zero attached hydrogens (tertiary/aromatic N) is 1. The number of ether oxygens (including phenoxy) is 1. The van der Waals surface area contributed by atoms with Crippen LogP contribution in [-0.4, -0.2) is 68.8 Å². The Bertz CT molecular complexity index is 1040. The topological polar surface area (TPSA) is 136 Å². The molecule has 4 N–H and O–H groups in total. The van der Waals surface area contributed by atoms with Crippen LogP contribution in [-0.2, 0) is 25.5 Å². The maximum absolute atomic E-state index is 13.1. The van der Waals surface area contributed by atoms with Crippen molar-refractivity contribution in [2.24, 2.45) is 16.7 Å². The molecule has 3 rings (SSSR count). The van der Waals surface area contributed by atoms with Gasteiger partial charge >= 0.3 is 5.97 Å². The quantitative estimate of drug-likeness (QED) is 0.283. The Morgan fingerprint density at radius 2 is 1.79 bits per heavy atom. The first-order valence-corrected chi connectivity index (χ1v) is 13.6. The summed E-state index contributed by atoms with van der Waals surface area (Å²) in [5.74, 6) is -1.76. The van der Waals surface area contributed by atoms with E-state index in [0.717, 1.165) is 19.3 Å². The highest BCUT2D eigenvalue weighted by Gasteiger charge is 2.49. The number of phenolic OH excluding ortho intramolecular Hbond substituents is 2. The first-order chi connectivity index (χ1) is 17.6. The average Bonchev–Trinajstić information content (AvgIpc) is 3.39. The van der Waals surface area contributed by atoms with Crippen LogP contribution in [0.25, 0.3) is 0 Å². The lowest BCUT2D eigenvalue weighted by Gasteiger charge is -2.40. The maximum Gasteiger partial charge on any atom is 0.329 e. The van der Waals surface area contributed by atoms with E-state index >= 15 is 0 Å². The Morgan fingerprint density at radius 1 is 1.11 bits per heavy atom. The molecular weight excluding hydrogens is 488 g/mol. The summed E-state index contributed by atoms with van der Waals surface area (Å²) in [6.45, 7) is 13.0. The molecule has 0 aromatic heterocycles. The van der Waals surface area contributed by atoms with Crippen molar-refractivity contribution < 1.29 is 34.4 Å². The molecule has 0 bridgehead atoms. The van der Waals surface area contributed by atoms with Gasteiger partial charge in [-0.1, -0.05) is 33.8 Å². The van der Waals surface area contributed by atoms with Crippen molar-refractivity contribution in [1.82, 2.24) is 10.2 Å². The summed E-state index contributed by atoms with van der Waals surface area (Å²) in [6, 6.07) is 2.37. The number of aliphatic hydroxyl groups is 1. The van der Waals surface area contributed by atoms with Gasteiger partial charge in [0.1, 0.15) is 18.2 Å². The lowest BCUT2D eigenvalue weighted by molar-refractivity contribution is -0.159. The number of benzene rings is 1. The minimum Gasteiger partial charge on any atom is -0.504 e. The van der Waals surface area contributed by atoms with E-state index in [1.54, 1.807) is 0 Å². The number of aromatic hydroxyl groups is 2. The van der Waals surface area contributed by atoms with Gasteiger partial charge in [-0.15, -0.1) is 0 Å². The highest BCUT2D eigenvalue weighted by atomic mass is 16.5. The van der Waals surface area contributed by atoms with Crippen molar-refractivity contribution in [1.29, 1.82) is 0 Å². The number of esters is 1. The molecule has 1 aliphatic heterocycles. The van der Waals surface area contributed by atoms with E-state index in [0.29, 0.717) is 30.9 Å². The van der Waals surface area contributed by atoms with Gasteiger partial charge < -0.3 is 30.3 Å². The number of likely N-dealkylation sites (tertiary alicyclic amines) is 1. The molecule has 1 saturated heterocycles. The van der Waals surface area contributed by atoms with Crippen LogP contribution in [0.4, 0.5) is 0 Å². The smallest absolute Gasteiger partial charge is 0.329 e. The predicted molar refractivity (Wildman–Crippen MR) is 142 cm³/mol. The second-order valence-electron chi connectivity index (χ2n) is 12.3. The van der Waals surface area contributed by atoms with Crippen LogP contribution in [0.2, 0.25) is 0 Å². The molecule has 2 amide bonds. The third-order valence-corrected chi connectivity index (χ3v) is 9.13. The molecule has 1 saturated carbocycles. The number of carbonyl (C=O) groups excluding carboxylic acids is 3. The molecule has 0 spiro atoms. The van der Waals surface area contributed by atoms with E-state index in [-0.39, 0.29) is 34.9 Å². The van der Waals surface area contributed by atoms with Gasteiger partial charge in [0.15, 0.2) is 11.5 Å². The van der Waals surface area contributed by atoms with Crippen molar-refractivity contribution in [3.63, 3.8) is 0 Å². The molecular formula is C29H44N2O7. The second kappa shape index (κ2) is 11.5. The number of aliphatic hydroxyl groups excluding tert-OH is 1. The molecule has 9 nitrogen and oxygen atoms in total. The van der Waals surface area contributed by atoms with Crippen molar-refractivity contribution in [2.45, 2.75) is 104 Å². The Balaban J connectivity index is 1.53. The second-order valence-corrected chi connectivity index (χ2v) is 12.3. The van der Waals surface area contributed by atoms with Crippen molar-refractivity contribution in [3.05, 3.63) is 23.8 Å². The molecule has 2 fully saturated rings. The predicted octanol–water partition coefficient (Wildman–Crippen LogP) is 3.28. The monoisotopic (exact) mass is 532 g/mol. The summed E-state index contributed by atoms with van der Waals surface area (Å²) in [7, 11) is 0. The van der Waals surface area contributed by atoms with Gasteiger partial charge in [0.05, 0.1) is 6.10 Å². The molecule has 1 aliphatic carbocycles. The van der Waals surface area contributed by atoms with Crippen molar-refractivity contribution in [2.75, 3.05) is 6.54 Å². The van der Waals surface area contributed by atoms with Gasteiger partial charge in [-0.2, -0.15) is 0 Å². The Morgan fingerprint density at radius 3 is 2.39 bits per heavy atom. The van der Waals surface area contributed by atoms with Gasteiger partial charge in [0.2, 0.25) is 11.8 Å². The number of hydrogen-bond donors (Lipinski definition) is 4. The molecule has 1 aromatic rings. The van der Waals surface area contributed by atoms with Gasteiger partial charge in [-0.25, -0.2) is 4.79 Å². The summed E-state index contributed by atoms with van der Waals surface area (Å²) >= 11 is 0. The van der Waals surface area contributed by atoms with Crippen LogP contribution in [0, 0.1) is 16.7 Å². The van der Waals surface area contributed by atoms with E-state index in [1.807, 2.05) is 6.92 Å². The number of phenols is 2. The largest absolute Gasteiger partial charge is 0.504 e. The van der Waals surface area contributed by atoms with Crippen LogP contribution >= 0.6 is 0 Å². The Hall–Kier alpha value is -2.81. The lowest BCUT2D eigenvalue weighted by atomic mass is 9.66. The molecule has 1 heterocycles. The van der Waals surface area contributed by atoms with Crippen molar-refractivity contribution >= 4 is 17.8 Å². The number of carbonyl (C=O) groups is 3. The van der Waals surface area contributed by atoms with Gasteiger partial charge in [-0.05, 0) is 80.4 Å². The third-order valence-electron chi connectivity index (χ3n) is 9.13. The zero-order chi connectivity index (χ0) is 28.4. The Labute approximate surface area is 225 Å². The maximum atomic E-state index is 13.1. The molecule has 0 radical (unpaired) electrons. The molecule has 9 heteroatoms. The van der Waals surface area contributed by atoms with Gasteiger partial charge in [0.25, 0.3) is 0 Å². The van der Waals surface area contributed by atoms with Crippen LogP contribution in [0.5, 0.6) is 11.5 Å². The molecule has 212 valence electrons. The number of hydrogen-bond acceptors (Lipinski definition) is 7. The summed E-state index contributed by atoms with van der Waals surface area (Å²) in [5.41, 5.74) is 0.822.